The lowest BCUT2D eigenvalue weighted by Crippen LogP contribution is -2.34. The fraction of sp³-hybridized carbons (Fsp3) is 0.923. The SMILES string of the molecule is CCOC(=O)C(C)CN1CCCC(C)(O)CC1. The van der Waals surface area contributed by atoms with Crippen LogP contribution >= 0.6 is 0 Å². The van der Waals surface area contributed by atoms with Gasteiger partial charge in [-0.15, -0.1) is 0 Å². The third-order valence-electron chi connectivity index (χ3n) is 3.38. The largest absolute Gasteiger partial charge is 0.466 e. The van der Waals surface area contributed by atoms with Gasteiger partial charge in [-0.25, -0.2) is 0 Å². The third-order valence-corrected chi connectivity index (χ3v) is 3.38. The van der Waals surface area contributed by atoms with E-state index in [1.807, 2.05) is 20.8 Å². The van der Waals surface area contributed by atoms with Crippen LogP contribution in [0.5, 0.6) is 0 Å². The number of carbonyl (C=O) groups excluding carboxylic acids is 1. The average molecular weight is 243 g/mol. The molecular weight excluding hydrogens is 218 g/mol. The molecule has 0 spiro atoms. The van der Waals surface area contributed by atoms with E-state index in [1.54, 1.807) is 0 Å². The number of likely N-dealkylation sites (tertiary alicyclic amines) is 1. The van der Waals surface area contributed by atoms with Crippen LogP contribution in [0, 0.1) is 5.92 Å². The highest BCUT2D eigenvalue weighted by Crippen LogP contribution is 2.21. The molecule has 4 nitrogen and oxygen atoms in total. The zero-order valence-corrected chi connectivity index (χ0v) is 11.2. The van der Waals surface area contributed by atoms with Crippen LogP contribution in [0.1, 0.15) is 40.0 Å². The Balaban J connectivity index is 2.38. The second kappa shape index (κ2) is 6.36. The van der Waals surface area contributed by atoms with Gasteiger partial charge < -0.3 is 14.7 Å². The highest BCUT2D eigenvalue weighted by atomic mass is 16.5. The number of hydrogen-bond acceptors (Lipinski definition) is 4. The summed E-state index contributed by atoms with van der Waals surface area (Å²) in [5.74, 6) is -0.207. The van der Waals surface area contributed by atoms with Gasteiger partial charge in [0.05, 0.1) is 18.1 Å². The third kappa shape index (κ3) is 5.04. The molecule has 4 heteroatoms. The maximum atomic E-state index is 11.5. The molecule has 0 aliphatic carbocycles. The van der Waals surface area contributed by atoms with Crippen molar-refractivity contribution in [3.8, 4) is 0 Å². The normalized spacial score (nSPS) is 28.5. The van der Waals surface area contributed by atoms with Gasteiger partial charge in [0, 0.05) is 13.1 Å². The molecule has 2 unspecified atom stereocenters. The van der Waals surface area contributed by atoms with Gasteiger partial charge in [0.15, 0.2) is 0 Å². The van der Waals surface area contributed by atoms with Crippen molar-refractivity contribution < 1.29 is 14.6 Å². The molecule has 2 atom stereocenters. The van der Waals surface area contributed by atoms with Crippen LogP contribution < -0.4 is 0 Å². The lowest BCUT2D eigenvalue weighted by atomic mass is 9.98. The van der Waals surface area contributed by atoms with E-state index in [2.05, 4.69) is 4.90 Å². The Hall–Kier alpha value is -0.610. The Morgan fingerprint density at radius 3 is 2.82 bits per heavy atom. The number of aliphatic hydroxyl groups is 1. The van der Waals surface area contributed by atoms with Crippen molar-refractivity contribution in [1.29, 1.82) is 0 Å². The summed E-state index contributed by atoms with van der Waals surface area (Å²) in [6.07, 6.45) is 2.61. The quantitative estimate of drug-likeness (QED) is 0.759. The average Bonchev–Trinajstić information content (AvgIpc) is 2.41. The van der Waals surface area contributed by atoms with E-state index in [1.165, 1.54) is 0 Å². The summed E-state index contributed by atoms with van der Waals surface area (Å²) in [5, 5.41) is 9.98. The van der Waals surface area contributed by atoms with Crippen molar-refractivity contribution in [3.05, 3.63) is 0 Å². The first kappa shape index (κ1) is 14.5. The summed E-state index contributed by atoms with van der Waals surface area (Å²) in [6.45, 7) is 8.61. The van der Waals surface area contributed by atoms with E-state index in [-0.39, 0.29) is 11.9 Å². The van der Waals surface area contributed by atoms with Gasteiger partial charge in [0.1, 0.15) is 0 Å². The molecule has 17 heavy (non-hydrogen) atoms. The molecule has 0 aromatic rings. The molecule has 0 amide bonds. The zero-order chi connectivity index (χ0) is 12.9. The minimum atomic E-state index is -0.540. The molecule has 0 aromatic heterocycles. The molecule has 1 N–H and O–H groups in total. The summed E-state index contributed by atoms with van der Waals surface area (Å²) < 4.78 is 5.00. The van der Waals surface area contributed by atoms with Gasteiger partial charge in [-0.2, -0.15) is 0 Å². The van der Waals surface area contributed by atoms with E-state index in [0.29, 0.717) is 6.61 Å². The first-order valence-corrected chi connectivity index (χ1v) is 6.56. The molecule has 1 aliphatic heterocycles. The smallest absolute Gasteiger partial charge is 0.309 e. The zero-order valence-electron chi connectivity index (χ0n) is 11.2. The van der Waals surface area contributed by atoms with Gasteiger partial charge in [-0.1, -0.05) is 6.92 Å². The second-order valence-corrected chi connectivity index (χ2v) is 5.30. The van der Waals surface area contributed by atoms with Crippen LogP contribution in [0.4, 0.5) is 0 Å². The molecule has 0 saturated carbocycles. The van der Waals surface area contributed by atoms with Crippen molar-refractivity contribution in [2.24, 2.45) is 5.92 Å². The summed E-state index contributed by atoms with van der Waals surface area (Å²) >= 11 is 0. The van der Waals surface area contributed by atoms with Crippen LogP contribution in [-0.2, 0) is 9.53 Å². The van der Waals surface area contributed by atoms with Crippen LogP contribution in [0.15, 0.2) is 0 Å². The van der Waals surface area contributed by atoms with Gasteiger partial charge in [0.2, 0.25) is 0 Å². The van der Waals surface area contributed by atoms with E-state index < -0.39 is 5.60 Å². The molecule has 1 rings (SSSR count). The van der Waals surface area contributed by atoms with E-state index in [4.69, 9.17) is 4.74 Å². The molecule has 1 aliphatic rings. The van der Waals surface area contributed by atoms with Gasteiger partial charge in [-0.3, -0.25) is 4.79 Å². The van der Waals surface area contributed by atoms with Crippen LogP contribution in [0.3, 0.4) is 0 Å². The Bertz CT molecular complexity index is 253. The van der Waals surface area contributed by atoms with E-state index in [9.17, 15) is 9.90 Å². The van der Waals surface area contributed by atoms with Crippen molar-refractivity contribution in [3.63, 3.8) is 0 Å². The Morgan fingerprint density at radius 2 is 2.18 bits per heavy atom. The number of hydrogen-bond donors (Lipinski definition) is 1. The Labute approximate surface area is 104 Å². The van der Waals surface area contributed by atoms with Gasteiger partial charge >= 0.3 is 5.97 Å². The predicted octanol–water partition coefficient (Wildman–Crippen LogP) is 1.42. The summed E-state index contributed by atoms with van der Waals surface area (Å²) in [4.78, 5) is 13.8. The van der Waals surface area contributed by atoms with Gasteiger partial charge in [0.25, 0.3) is 0 Å². The maximum absolute atomic E-state index is 11.5. The van der Waals surface area contributed by atoms with Crippen LogP contribution in [0.2, 0.25) is 0 Å². The van der Waals surface area contributed by atoms with Crippen LogP contribution in [0.25, 0.3) is 0 Å². The van der Waals surface area contributed by atoms with Crippen LogP contribution in [-0.4, -0.2) is 47.8 Å². The number of carbonyl (C=O) groups is 1. The first-order chi connectivity index (χ1) is 7.94. The molecule has 0 aromatic carbocycles. The van der Waals surface area contributed by atoms with Crippen molar-refractivity contribution in [2.45, 2.75) is 45.6 Å². The lowest BCUT2D eigenvalue weighted by molar-refractivity contribution is -0.148. The topological polar surface area (TPSA) is 49.8 Å². The number of rotatable bonds is 4. The molecule has 1 saturated heterocycles. The molecular formula is C13H25NO3. The molecule has 100 valence electrons. The van der Waals surface area contributed by atoms with Crippen molar-refractivity contribution >= 4 is 5.97 Å². The highest BCUT2D eigenvalue weighted by molar-refractivity contribution is 5.72. The van der Waals surface area contributed by atoms with Crippen molar-refractivity contribution in [2.75, 3.05) is 26.2 Å². The molecule has 0 bridgehead atoms. The van der Waals surface area contributed by atoms with Gasteiger partial charge in [-0.05, 0) is 39.7 Å². The van der Waals surface area contributed by atoms with Crippen molar-refractivity contribution in [1.82, 2.24) is 4.90 Å². The maximum Gasteiger partial charge on any atom is 0.309 e. The number of nitrogens with zero attached hydrogens (tertiary/aromatic N) is 1. The monoisotopic (exact) mass is 243 g/mol. The lowest BCUT2D eigenvalue weighted by Gasteiger charge is -2.24. The minimum Gasteiger partial charge on any atom is -0.466 e. The summed E-state index contributed by atoms with van der Waals surface area (Å²) in [7, 11) is 0. The number of esters is 1. The number of ether oxygens (including phenoxy) is 1. The first-order valence-electron chi connectivity index (χ1n) is 6.56. The van der Waals surface area contributed by atoms with E-state index >= 15 is 0 Å². The Kier molecular flexibility index (Phi) is 5.40. The predicted molar refractivity (Wildman–Crippen MR) is 66.7 cm³/mol. The fourth-order valence-corrected chi connectivity index (χ4v) is 2.25. The summed E-state index contributed by atoms with van der Waals surface area (Å²) in [5.41, 5.74) is -0.540. The summed E-state index contributed by atoms with van der Waals surface area (Å²) in [6, 6.07) is 0. The molecule has 1 fully saturated rings. The fourth-order valence-electron chi connectivity index (χ4n) is 2.25. The Morgan fingerprint density at radius 1 is 1.47 bits per heavy atom. The second-order valence-electron chi connectivity index (χ2n) is 5.30. The minimum absolute atomic E-state index is 0.0852. The highest BCUT2D eigenvalue weighted by Gasteiger charge is 2.26. The molecule has 1 heterocycles. The standard InChI is InChI=1S/C13H25NO3/c1-4-17-12(15)11(2)10-14-8-5-6-13(3,16)7-9-14/h11,16H,4-10H2,1-3H3. The van der Waals surface area contributed by atoms with E-state index in [0.717, 1.165) is 38.9 Å². The molecule has 0 radical (unpaired) electrons.